The minimum Gasteiger partial charge on any atom is -0.508 e. The molecular weight excluding hydrogens is 328 g/mol. The molecule has 0 aromatic heterocycles. The lowest BCUT2D eigenvalue weighted by atomic mass is 10.3. The second-order valence-corrected chi connectivity index (χ2v) is 6.31. The molecule has 0 amide bonds. The predicted molar refractivity (Wildman–Crippen MR) is 75.3 cm³/mol. The Bertz CT molecular complexity index is 765. The summed E-state index contributed by atoms with van der Waals surface area (Å²) in [6.45, 7) is 0. The van der Waals surface area contributed by atoms with Crippen LogP contribution in [0.25, 0.3) is 0 Å². The van der Waals surface area contributed by atoms with Crippen LogP contribution in [0.1, 0.15) is 0 Å². The first-order valence-corrected chi connectivity index (χ1v) is 7.50. The topological polar surface area (TPSA) is 66.4 Å². The highest BCUT2D eigenvalue weighted by Gasteiger charge is 2.20. The van der Waals surface area contributed by atoms with Crippen LogP contribution in [0, 0.1) is 5.82 Å². The van der Waals surface area contributed by atoms with Crippen molar-refractivity contribution in [2.75, 3.05) is 4.72 Å². The van der Waals surface area contributed by atoms with Crippen molar-refractivity contribution in [3.8, 4) is 5.75 Å². The Labute approximate surface area is 124 Å². The Hall–Kier alpha value is -1.50. The summed E-state index contributed by atoms with van der Waals surface area (Å²) in [4.78, 5) is -0.400. The average molecular weight is 336 g/mol. The Morgan fingerprint density at radius 1 is 1.05 bits per heavy atom. The van der Waals surface area contributed by atoms with E-state index in [0.717, 1.165) is 18.2 Å². The van der Waals surface area contributed by atoms with E-state index >= 15 is 0 Å². The molecule has 106 valence electrons. The molecule has 2 N–H and O–H groups in total. The summed E-state index contributed by atoms with van der Waals surface area (Å²) in [5.41, 5.74) is 0.0461. The van der Waals surface area contributed by atoms with Gasteiger partial charge in [-0.1, -0.05) is 23.2 Å². The third kappa shape index (κ3) is 3.15. The summed E-state index contributed by atoms with van der Waals surface area (Å²) >= 11 is 11.6. The largest absolute Gasteiger partial charge is 0.508 e. The molecular formula is C12H8Cl2FNO3S. The number of phenols is 1. The monoisotopic (exact) mass is 335 g/mol. The molecule has 2 aromatic carbocycles. The van der Waals surface area contributed by atoms with Gasteiger partial charge in [0, 0.05) is 6.07 Å². The minimum atomic E-state index is -4.09. The molecule has 0 aliphatic carbocycles. The van der Waals surface area contributed by atoms with E-state index in [1.54, 1.807) is 0 Å². The fourth-order valence-electron chi connectivity index (χ4n) is 1.47. The number of nitrogens with one attached hydrogen (secondary N) is 1. The number of hydrogen-bond donors (Lipinski definition) is 2. The van der Waals surface area contributed by atoms with E-state index in [1.807, 2.05) is 0 Å². The molecule has 0 spiro atoms. The van der Waals surface area contributed by atoms with Crippen molar-refractivity contribution in [1.29, 1.82) is 0 Å². The van der Waals surface area contributed by atoms with Crippen LogP contribution in [0.5, 0.6) is 5.75 Å². The summed E-state index contributed by atoms with van der Waals surface area (Å²) < 4.78 is 39.6. The van der Waals surface area contributed by atoms with Gasteiger partial charge in [0.1, 0.15) is 16.5 Å². The molecule has 0 radical (unpaired) electrons. The molecule has 0 aliphatic rings. The van der Waals surface area contributed by atoms with Crippen molar-refractivity contribution >= 4 is 38.9 Å². The lowest BCUT2D eigenvalue weighted by Gasteiger charge is -2.11. The number of aromatic hydroxyl groups is 1. The normalized spacial score (nSPS) is 11.3. The van der Waals surface area contributed by atoms with Crippen molar-refractivity contribution < 1.29 is 17.9 Å². The zero-order valence-electron chi connectivity index (χ0n) is 9.77. The standard InChI is InChI=1S/C12H8Cl2FNO3S/c13-9-3-1-7(15)5-12(9)20(18,19)16-11-4-2-8(17)6-10(11)14/h1-6,16-17H. The van der Waals surface area contributed by atoms with Crippen LogP contribution in [0.4, 0.5) is 10.1 Å². The Morgan fingerprint density at radius 3 is 2.40 bits per heavy atom. The van der Waals surface area contributed by atoms with Crippen molar-refractivity contribution in [3.05, 3.63) is 52.3 Å². The van der Waals surface area contributed by atoms with E-state index in [-0.39, 0.29) is 21.5 Å². The fourth-order valence-corrected chi connectivity index (χ4v) is 3.34. The first-order valence-electron chi connectivity index (χ1n) is 5.26. The zero-order valence-corrected chi connectivity index (χ0v) is 12.1. The molecule has 2 rings (SSSR count). The van der Waals surface area contributed by atoms with E-state index < -0.39 is 20.7 Å². The molecule has 0 saturated heterocycles. The molecule has 0 fully saturated rings. The summed E-state index contributed by atoms with van der Waals surface area (Å²) in [5.74, 6) is -0.840. The van der Waals surface area contributed by atoms with Crippen LogP contribution in [0.3, 0.4) is 0 Å². The molecule has 4 nitrogen and oxygen atoms in total. The molecule has 0 saturated carbocycles. The lowest BCUT2D eigenvalue weighted by molar-refractivity contribution is 0.475. The van der Waals surface area contributed by atoms with Gasteiger partial charge in [-0.25, -0.2) is 12.8 Å². The summed E-state index contributed by atoms with van der Waals surface area (Å²) in [7, 11) is -4.09. The highest BCUT2D eigenvalue weighted by atomic mass is 35.5. The maximum absolute atomic E-state index is 13.1. The average Bonchev–Trinajstić information content (AvgIpc) is 2.35. The number of benzene rings is 2. The van der Waals surface area contributed by atoms with Crippen LogP contribution < -0.4 is 4.72 Å². The second kappa shape index (κ2) is 5.47. The van der Waals surface area contributed by atoms with Gasteiger partial charge in [-0.05, 0) is 30.3 Å². The molecule has 0 heterocycles. The van der Waals surface area contributed by atoms with Crippen LogP contribution in [0.2, 0.25) is 10.0 Å². The number of phenolic OH excluding ortho intramolecular Hbond substituents is 1. The molecule has 0 atom stereocenters. The number of sulfonamides is 1. The lowest BCUT2D eigenvalue weighted by Crippen LogP contribution is -2.14. The zero-order chi connectivity index (χ0) is 14.9. The Balaban J connectivity index is 2.43. The maximum atomic E-state index is 13.1. The summed E-state index contributed by atoms with van der Waals surface area (Å²) in [6, 6.07) is 6.71. The van der Waals surface area contributed by atoms with Crippen molar-refractivity contribution in [3.63, 3.8) is 0 Å². The quantitative estimate of drug-likeness (QED) is 0.841. The molecule has 0 bridgehead atoms. The Kier molecular flexibility index (Phi) is 4.08. The van der Waals surface area contributed by atoms with Crippen molar-refractivity contribution in [2.24, 2.45) is 0 Å². The van der Waals surface area contributed by atoms with Gasteiger partial charge in [0.15, 0.2) is 0 Å². The number of anilines is 1. The van der Waals surface area contributed by atoms with E-state index in [1.165, 1.54) is 18.2 Å². The highest BCUT2D eigenvalue weighted by Crippen LogP contribution is 2.30. The SMILES string of the molecule is O=S(=O)(Nc1ccc(O)cc1Cl)c1cc(F)ccc1Cl. The Morgan fingerprint density at radius 2 is 1.75 bits per heavy atom. The van der Waals surface area contributed by atoms with E-state index in [9.17, 15) is 17.9 Å². The van der Waals surface area contributed by atoms with E-state index in [4.69, 9.17) is 23.2 Å². The van der Waals surface area contributed by atoms with Gasteiger partial charge in [-0.2, -0.15) is 0 Å². The van der Waals surface area contributed by atoms with Gasteiger partial charge >= 0.3 is 0 Å². The minimum absolute atomic E-state index is 0.00102. The maximum Gasteiger partial charge on any atom is 0.263 e. The van der Waals surface area contributed by atoms with Gasteiger partial charge in [-0.3, -0.25) is 4.72 Å². The summed E-state index contributed by atoms with van der Waals surface area (Å²) in [5, 5.41) is 9.09. The fraction of sp³-hybridized carbons (Fsp3) is 0. The van der Waals surface area contributed by atoms with Gasteiger partial charge in [0.05, 0.1) is 15.7 Å². The first kappa shape index (κ1) is 14.9. The molecule has 0 unspecified atom stereocenters. The molecule has 2 aromatic rings. The van der Waals surface area contributed by atoms with Crippen LogP contribution in [-0.4, -0.2) is 13.5 Å². The van der Waals surface area contributed by atoms with Crippen molar-refractivity contribution in [1.82, 2.24) is 0 Å². The van der Waals surface area contributed by atoms with Crippen molar-refractivity contribution in [2.45, 2.75) is 4.90 Å². The first-order chi connectivity index (χ1) is 9.29. The second-order valence-electron chi connectivity index (χ2n) is 3.84. The van der Waals surface area contributed by atoms with Crippen LogP contribution in [0.15, 0.2) is 41.3 Å². The predicted octanol–water partition coefficient (Wildman–Crippen LogP) is 3.64. The molecule has 20 heavy (non-hydrogen) atoms. The number of rotatable bonds is 3. The van der Waals surface area contributed by atoms with Crippen LogP contribution >= 0.6 is 23.2 Å². The van der Waals surface area contributed by atoms with Gasteiger partial charge < -0.3 is 5.11 Å². The number of hydrogen-bond acceptors (Lipinski definition) is 3. The third-order valence-electron chi connectivity index (χ3n) is 2.38. The van der Waals surface area contributed by atoms with E-state index in [0.29, 0.717) is 0 Å². The third-order valence-corrected chi connectivity index (χ3v) is 4.54. The van der Waals surface area contributed by atoms with Crippen LogP contribution in [-0.2, 0) is 10.0 Å². The smallest absolute Gasteiger partial charge is 0.263 e. The number of halogens is 3. The molecule has 0 aliphatic heterocycles. The van der Waals surface area contributed by atoms with Gasteiger partial charge in [0.25, 0.3) is 10.0 Å². The summed E-state index contributed by atoms with van der Waals surface area (Å²) in [6.07, 6.45) is 0. The highest BCUT2D eigenvalue weighted by molar-refractivity contribution is 7.92. The van der Waals surface area contributed by atoms with Gasteiger partial charge in [0.2, 0.25) is 0 Å². The molecule has 8 heteroatoms. The van der Waals surface area contributed by atoms with Gasteiger partial charge in [-0.15, -0.1) is 0 Å². The van der Waals surface area contributed by atoms with E-state index in [2.05, 4.69) is 4.72 Å².